The molecular weight excluding hydrogens is 242 g/mol. The Hall–Kier alpha value is -1.13. The topological polar surface area (TPSA) is 51.6 Å². The molecule has 0 saturated heterocycles. The fraction of sp³-hybridized carbons (Fsp3) is 0.667. The molecule has 106 valence electrons. The maximum Gasteiger partial charge on any atom is 0.214 e. The van der Waals surface area contributed by atoms with Gasteiger partial charge in [-0.15, -0.1) is 0 Å². The Morgan fingerprint density at radius 1 is 1.32 bits per heavy atom. The van der Waals surface area contributed by atoms with E-state index in [0.717, 1.165) is 43.4 Å². The molecule has 0 bridgehead atoms. The van der Waals surface area contributed by atoms with Gasteiger partial charge >= 0.3 is 0 Å². The molecule has 19 heavy (non-hydrogen) atoms. The van der Waals surface area contributed by atoms with E-state index in [1.54, 1.807) is 7.11 Å². The molecule has 1 aromatic rings. The van der Waals surface area contributed by atoms with Crippen molar-refractivity contribution >= 4 is 0 Å². The fourth-order valence-corrected chi connectivity index (χ4v) is 2.55. The van der Waals surface area contributed by atoms with Crippen LogP contribution in [0.3, 0.4) is 0 Å². The maximum absolute atomic E-state index is 9.26. The van der Waals surface area contributed by atoms with Gasteiger partial charge in [-0.2, -0.15) is 0 Å². The Labute approximate surface area is 114 Å². The molecule has 0 aliphatic heterocycles. The van der Waals surface area contributed by atoms with E-state index < -0.39 is 0 Å². The molecule has 1 saturated carbocycles. The molecule has 0 radical (unpaired) electrons. The number of ether oxygens (including phenoxy) is 2. The van der Waals surface area contributed by atoms with Crippen molar-refractivity contribution in [2.45, 2.75) is 57.8 Å². The van der Waals surface area contributed by atoms with E-state index in [4.69, 9.17) is 9.47 Å². The zero-order chi connectivity index (χ0) is 13.7. The van der Waals surface area contributed by atoms with Crippen LogP contribution in [0, 0.1) is 0 Å². The number of hydrogen-bond donors (Lipinski definition) is 1. The third-order valence-electron chi connectivity index (χ3n) is 3.66. The normalized spacial score (nSPS) is 23.3. The molecule has 1 aliphatic carbocycles. The van der Waals surface area contributed by atoms with Crippen molar-refractivity contribution in [3.05, 3.63) is 23.4 Å². The molecule has 1 aliphatic rings. The first-order valence-corrected chi connectivity index (χ1v) is 7.05. The van der Waals surface area contributed by atoms with E-state index in [9.17, 15) is 5.11 Å². The summed E-state index contributed by atoms with van der Waals surface area (Å²) >= 11 is 0. The summed E-state index contributed by atoms with van der Waals surface area (Å²) in [5.74, 6) is 0.630. The second-order valence-corrected chi connectivity index (χ2v) is 5.08. The van der Waals surface area contributed by atoms with Gasteiger partial charge in [0, 0.05) is 25.3 Å². The van der Waals surface area contributed by atoms with E-state index in [2.05, 4.69) is 11.9 Å². The van der Waals surface area contributed by atoms with Crippen LogP contribution in [0.15, 0.2) is 12.1 Å². The zero-order valence-corrected chi connectivity index (χ0v) is 11.8. The second kappa shape index (κ2) is 6.87. The first kappa shape index (κ1) is 14.3. The number of pyridine rings is 1. The van der Waals surface area contributed by atoms with Crippen molar-refractivity contribution < 1.29 is 14.6 Å². The lowest BCUT2D eigenvalue weighted by Crippen LogP contribution is -2.29. The first-order valence-electron chi connectivity index (χ1n) is 7.05. The highest BCUT2D eigenvalue weighted by Gasteiger charge is 2.23. The van der Waals surface area contributed by atoms with Gasteiger partial charge in [-0.25, -0.2) is 4.98 Å². The predicted octanol–water partition coefficient (Wildman–Crippen LogP) is 2.47. The number of hydrogen-bond acceptors (Lipinski definition) is 4. The molecule has 4 nitrogen and oxygen atoms in total. The molecule has 0 amide bonds. The Balaban J connectivity index is 2.05. The summed E-state index contributed by atoms with van der Waals surface area (Å²) in [6.45, 7) is 2.08. The first-order chi connectivity index (χ1) is 9.25. The van der Waals surface area contributed by atoms with Crippen LogP contribution < -0.4 is 4.74 Å². The lowest BCUT2D eigenvalue weighted by atomic mass is 9.95. The van der Waals surface area contributed by atoms with E-state index in [0.29, 0.717) is 12.0 Å². The molecule has 4 heteroatoms. The zero-order valence-electron chi connectivity index (χ0n) is 11.8. The minimum Gasteiger partial charge on any atom is -0.474 e. The molecule has 2 atom stereocenters. The summed E-state index contributed by atoms with van der Waals surface area (Å²) in [4.78, 5) is 4.47. The highest BCUT2D eigenvalue weighted by molar-refractivity contribution is 5.25. The van der Waals surface area contributed by atoms with Crippen molar-refractivity contribution in [2.24, 2.45) is 0 Å². The molecule has 1 fully saturated rings. The number of aromatic nitrogens is 1. The summed E-state index contributed by atoms with van der Waals surface area (Å²) in [6.07, 6.45) is 5.52. The van der Waals surface area contributed by atoms with Crippen LogP contribution in [0.4, 0.5) is 0 Å². The summed E-state index contributed by atoms with van der Waals surface area (Å²) in [5, 5.41) is 9.26. The number of nitrogens with zero attached hydrogens (tertiary/aromatic N) is 1. The predicted molar refractivity (Wildman–Crippen MR) is 73.2 cm³/mol. The minimum atomic E-state index is 0.0250. The molecule has 2 unspecified atom stereocenters. The third-order valence-corrected chi connectivity index (χ3v) is 3.66. The maximum atomic E-state index is 9.26. The minimum absolute atomic E-state index is 0.0250. The van der Waals surface area contributed by atoms with Crippen molar-refractivity contribution in [3.8, 4) is 5.88 Å². The average molecular weight is 265 g/mol. The van der Waals surface area contributed by atoms with E-state index in [-0.39, 0.29) is 12.7 Å². The van der Waals surface area contributed by atoms with Crippen LogP contribution in [0.25, 0.3) is 0 Å². The van der Waals surface area contributed by atoms with Gasteiger partial charge in [0.25, 0.3) is 0 Å². The Morgan fingerprint density at radius 3 is 2.79 bits per heavy atom. The number of aliphatic hydroxyl groups is 1. The van der Waals surface area contributed by atoms with Gasteiger partial charge in [-0.1, -0.05) is 6.92 Å². The van der Waals surface area contributed by atoms with Crippen molar-refractivity contribution in [1.29, 1.82) is 0 Å². The molecule has 0 spiro atoms. The number of aryl methyl sites for hydroxylation is 1. The molecule has 1 aromatic heterocycles. The SMILES string of the molecule is CCc1cc(CO)cc(OC2CCCC(OC)C2)n1. The van der Waals surface area contributed by atoms with Crippen LogP contribution in [0.5, 0.6) is 5.88 Å². The molecule has 2 rings (SSSR count). The lowest BCUT2D eigenvalue weighted by molar-refractivity contribution is 0.0194. The van der Waals surface area contributed by atoms with E-state index >= 15 is 0 Å². The average Bonchev–Trinajstić information content (AvgIpc) is 2.47. The molecular formula is C15H23NO3. The van der Waals surface area contributed by atoms with Crippen LogP contribution in [0.2, 0.25) is 0 Å². The van der Waals surface area contributed by atoms with Crippen molar-refractivity contribution in [2.75, 3.05) is 7.11 Å². The summed E-state index contributed by atoms with van der Waals surface area (Å²) in [6, 6.07) is 3.75. The second-order valence-electron chi connectivity index (χ2n) is 5.08. The van der Waals surface area contributed by atoms with Crippen LogP contribution in [-0.2, 0) is 17.8 Å². The number of aliphatic hydroxyl groups excluding tert-OH is 1. The van der Waals surface area contributed by atoms with Gasteiger partial charge in [0.1, 0.15) is 6.10 Å². The standard InChI is InChI=1S/C15H23NO3/c1-3-12-7-11(10-17)8-15(16-12)19-14-6-4-5-13(9-14)18-2/h7-8,13-14,17H,3-6,9-10H2,1-2H3. The summed E-state index contributed by atoms with van der Waals surface area (Å²) < 4.78 is 11.4. The molecule has 1 N–H and O–H groups in total. The lowest BCUT2D eigenvalue weighted by Gasteiger charge is -2.28. The van der Waals surface area contributed by atoms with Gasteiger partial charge in [0.2, 0.25) is 5.88 Å². The largest absolute Gasteiger partial charge is 0.474 e. The quantitative estimate of drug-likeness (QED) is 0.888. The van der Waals surface area contributed by atoms with Gasteiger partial charge in [0.15, 0.2) is 0 Å². The highest BCUT2D eigenvalue weighted by Crippen LogP contribution is 2.25. The van der Waals surface area contributed by atoms with Gasteiger partial charge in [0.05, 0.1) is 12.7 Å². The monoisotopic (exact) mass is 265 g/mol. The van der Waals surface area contributed by atoms with E-state index in [1.165, 1.54) is 0 Å². The van der Waals surface area contributed by atoms with Crippen LogP contribution in [-0.4, -0.2) is 29.4 Å². The molecule has 0 aromatic carbocycles. The Bertz CT molecular complexity index is 386. The van der Waals surface area contributed by atoms with Gasteiger partial charge in [-0.05, 0) is 37.3 Å². The van der Waals surface area contributed by atoms with Crippen molar-refractivity contribution in [3.63, 3.8) is 0 Å². The number of methoxy groups -OCH3 is 1. The van der Waals surface area contributed by atoms with Crippen LogP contribution >= 0.6 is 0 Å². The molecule has 1 heterocycles. The van der Waals surface area contributed by atoms with Gasteiger partial charge in [-0.3, -0.25) is 0 Å². The smallest absolute Gasteiger partial charge is 0.214 e. The number of rotatable bonds is 5. The fourth-order valence-electron chi connectivity index (χ4n) is 2.55. The third kappa shape index (κ3) is 3.91. The summed E-state index contributed by atoms with van der Waals surface area (Å²) in [7, 11) is 1.76. The van der Waals surface area contributed by atoms with Gasteiger partial charge < -0.3 is 14.6 Å². The van der Waals surface area contributed by atoms with Crippen LogP contribution in [0.1, 0.15) is 43.9 Å². The Kier molecular flexibility index (Phi) is 5.16. The highest BCUT2D eigenvalue weighted by atomic mass is 16.5. The van der Waals surface area contributed by atoms with E-state index in [1.807, 2.05) is 12.1 Å². The Morgan fingerprint density at radius 2 is 2.11 bits per heavy atom. The summed E-state index contributed by atoms with van der Waals surface area (Å²) in [5.41, 5.74) is 1.82. The van der Waals surface area contributed by atoms with Crippen molar-refractivity contribution in [1.82, 2.24) is 4.98 Å².